The summed E-state index contributed by atoms with van der Waals surface area (Å²) in [5, 5.41) is 37.5. The molecular formula is C6Cl3FeK3N6. The fourth-order valence-corrected chi connectivity index (χ4v) is 0. The van der Waals surface area contributed by atoms with Crippen LogP contribution in [0.3, 0.4) is 0 Å². The quantitative estimate of drug-likeness (QED) is 0.273. The molecule has 0 aliphatic rings. The summed E-state index contributed by atoms with van der Waals surface area (Å²) in [5.41, 5.74) is 0. The molecule has 86 valence electrons. The van der Waals surface area contributed by atoms with Crippen LogP contribution in [0, 0.1) is 71.0 Å². The summed E-state index contributed by atoms with van der Waals surface area (Å²) in [6.07, 6.45) is 0. The maximum absolute atomic E-state index is 6.25. The Hall–Kier alpha value is 3.24. The van der Waals surface area contributed by atoms with Gasteiger partial charge in [-0.15, -0.1) is 0 Å². The van der Waals surface area contributed by atoms with Gasteiger partial charge in [-0.05, 0) is 0 Å². The molecule has 0 rings (SSSR count). The van der Waals surface area contributed by atoms with Crippen molar-refractivity contribution in [1.82, 2.24) is 0 Å². The van der Waals surface area contributed by atoms with Crippen LogP contribution in [0.5, 0.6) is 0 Å². The van der Waals surface area contributed by atoms with Crippen LogP contribution in [-0.2, 0) is 17.1 Å². The fraction of sp³-hybridized carbons (Fsp3) is 0. The standard InChI is InChI=1S/6CN.3ClH.Fe.3K/c6*1-2;;;;;;;/h;;;;;;3*1H;;;;/q6*-1;;;;+6;3*+1/p-3. The number of nitrogens with zero attached hydrogens (tertiary/aromatic N) is 6. The zero-order chi connectivity index (χ0) is 12.0. The summed E-state index contributed by atoms with van der Waals surface area (Å²) < 4.78 is 0. The molecule has 0 N–H and O–H groups in total. The van der Waals surface area contributed by atoms with Gasteiger partial charge in [0.25, 0.3) is 0 Å². The van der Waals surface area contributed by atoms with Gasteiger partial charge in [-0.1, -0.05) is 0 Å². The van der Waals surface area contributed by atoms with Crippen molar-refractivity contribution in [3.05, 3.63) is 39.4 Å². The summed E-state index contributed by atoms with van der Waals surface area (Å²) in [4.78, 5) is 0. The summed E-state index contributed by atoms with van der Waals surface area (Å²) in [6, 6.07) is 0. The van der Waals surface area contributed by atoms with Gasteiger partial charge < -0.3 is 108 Å². The zero-order valence-electron chi connectivity index (χ0n) is 10.2. The Balaban J connectivity index is -0.00000000193. The number of hydrogen-bond donors (Lipinski definition) is 0. The smallest absolute Gasteiger partial charge is 1.00 e. The van der Waals surface area contributed by atoms with Crippen molar-refractivity contribution in [3.63, 3.8) is 0 Å². The largest absolute Gasteiger partial charge is 6.00 e. The molecule has 0 aliphatic carbocycles. The number of hydrogen-bond acceptors (Lipinski definition) is 6. The van der Waals surface area contributed by atoms with Crippen LogP contribution < -0.4 is 191 Å². The van der Waals surface area contributed by atoms with Crippen LogP contribution in [0.25, 0.3) is 0 Å². The van der Waals surface area contributed by atoms with Crippen molar-refractivity contribution in [2.75, 3.05) is 0 Å². The first-order valence-electron chi connectivity index (χ1n) is 1.34. The van der Waals surface area contributed by atoms with E-state index in [0.29, 0.717) is 0 Å². The van der Waals surface area contributed by atoms with Crippen LogP contribution in [0.4, 0.5) is 0 Å². The SMILES string of the molecule is [C-]#N.[C-]#N.[C-]#N.[C-]#N.[C-]#N.[C-]#N.[Cl-].[Cl-].[Cl-].[Fe+6].[K+].[K+].[K+]. The third-order valence-electron chi connectivity index (χ3n) is 0. The van der Waals surface area contributed by atoms with Crippen molar-refractivity contribution < 1.29 is 208 Å². The van der Waals surface area contributed by atoms with Crippen molar-refractivity contribution in [3.8, 4) is 0 Å². The van der Waals surface area contributed by atoms with E-state index in [2.05, 4.69) is 0 Å². The van der Waals surface area contributed by atoms with E-state index in [0.717, 1.165) is 0 Å². The predicted octanol–water partition coefficient (Wildman–Crippen LogP) is -17.4. The Morgan fingerprint density at radius 1 is 0.316 bits per heavy atom. The van der Waals surface area contributed by atoms with E-state index in [9.17, 15) is 0 Å². The van der Waals surface area contributed by atoms with Crippen LogP contribution in [0.1, 0.15) is 0 Å². The molecule has 13 heteroatoms. The van der Waals surface area contributed by atoms with Crippen LogP contribution in [0.15, 0.2) is 0 Å². The summed E-state index contributed by atoms with van der Waals surface area (Å²) in [7, 11) is 0. The molecule has 0 aromatic carbocycles. The molecule has 0 fully saturated rings. The Morgan fingerprint density at radius 3 is 0.316 bits per heavy atom. The maximum Gasteiger partial charge on any atom is 6.00 e. The van der Waals surface area contributed by atoms with E-state index in [-0.39, 0.29) is 208 Å². The van der Waals surface area contributed by atoms with Crippen LogP contribution in [0.2, 0.25) is 0 Å². The van der Waals surface area contributed by atoms with Gasteiger partial charge >= 0.3 is 171 Å². The van der Waals surface area contributed by atoms with E-state index < -0.39 is 0 Å². The fourth-order valence-electron chi connectivity index (χ4n) is 0. The van der Waals surface area contributed by atoms with E-state index in [1.807, 2.05) is 0 Å². The van der Waals surface area contributed by atoms with Gasteiger partial charge in [-0.25, -0.2) is 0 Å². The summed E-state index contributed by atoms with van der Waals surface area (Å²) in [6.45, 7) is 28.5. The Morgan fingerprint density at radius 2 is 0.316 bits per heavy atom. The molecule has 0 saturated carbocycles. The molecule has 0 aromatic heterocycles. The van der Waals surface area contributed by atoms with E-state index >= 15 is 0 Å². The average Bonchev–Trinajstić information content (AvgIpc) is 2.33. The van der Waals surface area contributed by atoms with Gasteiger partial charge in [0, 0.05) is 0 Å². The molecule has 0 heterocycles. The third kappa shape index (κ3) is 749. The Labute approximate surface area is 272 Å². The second-order valence-corrected chi connectivity index (χ2v) is 0. The molecule has 0 radical (unpaired) electrons. The van der Waals surface area contributed by atoms with Gasteiger partial charge in [-0.2, -0.15) is 0 Å². The van der Waals surface area contributed by atoms with Gasteiger partial charge in [0.15, 0.2) is 0 Å². The zero-order valence-corrected chi connectivity index (χ0v) is 22.9. The Bertz CT molecular complexity index is 115. The topological polar surface area (TPSA) is 143 Å². The van der Waals surface area contributed by atoms with Crippen LogP contribution >= 0.6 is 0 Å². The van der Waals surface area contributed by atoms with Crippen molar-refractivity contribution in [2.45, 2.75) is 0 Å². The first kappa shape index (κ1) is 118. The molecule has 0 saturated heterocycles. The van der Waals surface area contributed by atoms with Crippen molar-refractivity contribution in [1.29, 1.82) is 31.6 Å². The molecule has 0 atom stereocenters. The first-order chi connectivity index (χ1) is 6.00. The van der Waals surface area contributed by atoms with Gasteiger partial charge in [0.05, 0.1) is 0 Å². The molecule has 6 nitrogen and oxygen atoms in total. The average molecular weight is 436 g/mol. The van der Waals surface area contributed by atoms with Crippen LogP contribution in [-0.4, -0.2) is 0 Å². The molecule has 0 bridgehead atoms. The molecule has 0 spiro atoms. The van der Waals surface area contributed by atoms with Gasteiger partial charge in [0.2, 0.25) is 0 Å². The van der Waals surface area contributed by atoms with E-state index in [1.165, 1.54) is 0 Å². The third-order valence-corrected chi connectivity index (χ3v) is 0. The minimum atomic E-state index is 0. The predicted molar refractivity (Wildman–Crippen MR) is 29.8 cm³/mol. The molecule has 0 aromatic rings. The molecule has 0 amide bonds. The monoisotopic (exact) mass is 434 g/mol. The molecule has 0 unspecified atom stereocenters. The molecule has 0 aliphatic heterocycles. The van der Waals surface area contributed by atoms with Gasteiger partial charge in [0.1, 0.15) is 0 Å². The minimum Gasteiger partial charge on any atom is -1.00 e. The van der Waals surface area contributed by atoms with E-state index in [4.69, 9.17) is 71.0 Å². The molecular weight excluding hydrogens is 436 g/mol. The second-order valence-electron chi connectivity index (χ2n) is 0. The second kappa shape index (κ2) is 829. The van der Waals surface area contributed by atoms with Crippen molar-refractivity contribution in [2.24, 2.45) is 0 Å². The van der Waals surface area contributed by atoms with Crippen molar-refractivity contribution >= 4 is 0 Å². The van der Waals surface area contributed by atoms with E-state index in [1.54, 1.807) is 0 Å². The minimum absolute atomic E-state index is 0. The first-order valence-corrected chi connectivity index (χ1v) is 1.34. The summed E-state index contributed by atoms with van der Waals surface area (Å²) in [5.74, 6) is 0. The number of halogens is 3. The molecule has 19 heavy (non-hydrogen) atoms. The summed E-state index contributed by atoms with van der Waals surface area (Å²) >= 11 is 0. The normalized spacial score (nSPS) is 0.632. The number of rotatable bonds is 0. The Kier molecular flexibility index (Phi) is 5130. The maximum atomic E-state index is 6.25. The van der Waals surface area contributed by atoms with Gasteiger partial charge in [-0.3, -0.25) is 0 Å².